The second-order valence-corrected chi connectivity index (χ2v) is 7.66. The van der Waals surface area contributed by atoms with Crippen molar-refractivity contribution in [3.63, 3.8) is 0 Å². The SMILES string of the molecule is COc1ccc(C=C2c3ccccc3N3C=Cc4cccc(OC(=O)C(F)(F)F)c4C23)cc1. The Morgan fingerprint density at radius 1 is 1.00 bits per heavy atom. The van der Waals surface area contributed by atoms with Crippen LogP contribution in [-0.4, -0.2) is 19.3 Å². The van der Waals surface area contributed by atoms with Crippen molar-refractivity contribution in [1.82, 2.24) is 0 Å². The maximum absolute atomic E-state index is 13.0. The van der Waals surface area contributed by atoms with Crippen LogP contribution in [0.2, 0.25) is 0 Å². The highest BCUT2D eigenvalue weighted by Gasteiger charge is 2.43. The van der Waals surface area contributed by atoms with Crippen molar-refractivity contribution < 1.29 is 27.4 Å². The first-order valence-electron chi connectivity index (χ1n) is 10.2. The number of rotatable bonds is 3. The largest absolute Gasteiger partial charge is 0.497 e. The van der Waals surface area contributed by atoms with E-state index < -0.39 is 18.2 Å². The van der Waals surface area contributed by atoms with E-state index in [1.54, 1.807) is 19.2 Å². The average molecular weight is 449 g/mol. The first-order valence-corrected chi connectivity index (χ1v) is 10.2. The van der Waals surface area contributed by atoms with Gasteiger partial charge in [0.05, 0.1) is 13.2 Å². The van der Waals surface area contributed by atoms with Crippen LogP contribution >= 0.6 is 0 Å². The zero-order valence-corrected chi connectivity index (χ0v) is 17.5. The van der Waals surface area contributed by atoms with Crippen molar-refractivity contribution in [3.05, 3.63) is 95.2 Å². The van der Waals surface area contributed by atoms with E-state index in [1.165, 1.54) is 6.07 Å². The van der Waals surface area contributed by atoms with Crippen molar-refractivity contribution >= 4 is 29.4 Å². The molecule has 5 rings (SSSR count). The fraction of sp³-hybridized carbons (Fsp3) is 0.115. The summed E-state index contributed by atoms with van der Waals surface area (Å²) in [5.41, 5.74) is 4.86. The first-order chi connectivity index (χ1) is 15.9. The number of hydrogen-bond acceptors (Lipinski definition) is 4. The van der Waals surface area contributed by atoms with Crippen LogP contribution in [0, 0.1) is 0 Å². The molecule has 0 spiro atoms. The Hall–Kier alpha value is -4.00. The summed E-state index contributed by atoms with van der Waals surface area (Å²) in [6, 6.07) is 19.6. The van der Waals surface area contributed by atoms with Crippen LogP contribution < -0.4 is 14.4 Å². The van der Waals surface area contributed by atoms with Crippen LogP contribution in [0.3, 0.4) is 0 Å². The van der Waals surface area contributed by atoms with E-state index in [4.69, 9.17) is 9.47 Å². The minimum absolute atomic E-state index is 0.109. The zero-order valence-electron chi connectivity index (χ0n) is 17.5. The average Bonchev–Trinajstić information content (AvgIpc) is 3.13. The van der Waals surface area contributed by atoms with Crippen molar-refractivity contribution in [2.24, 2.45) is 0 Å². The van der Waals surface area contributed by atoms with Gasteiger partial charge in [-0.3, -0.25) is 0 Å². The number of para-hydroxylation sites is 1. The van der Waals surface area contributed by atoms with E-state index in [2.05, 4.69) is 0 Å². The summed E-state index contributed by atoms with van der Waals surface area (Å²) in [6.07, 6.45) is 0.613. The number of alkyl halides is 3. The van der Waals surface area contributed by atoms with Gasteiger partial charge in [0.1, 0.15) is 11.5 Å². The number of carbonyl (C=O) groups is 1. The molecular formula is C26H18F3NO3. The van der Waals surface area contributed by atoms with Gasteiger partial charge in [0.25, 0.3) is 0 Å². The molecule has 1 atom stereocenters. The fourth-order valence-electron chi connectivity index (χ4n) is 4.28. The zero-order chi connectivity index (χ0) is 23.2. The van der Waals surface area contributed by atoms with Gasteiger partial charge < -0.3 is 14.4 Å². The van der Waals surface area contributed by atoms with E-state index >= 15 is 0 Å². The number of esters is 1. The predicted octanol–water partition coefficient (Wildman–Crippen LogP) is 6.25. The molecule has 4 nitrogen and oxygen atoms in total. The second-order valence-electron chi connectivity index (χ2n) is 7.66. The van der Waals surface area contributed by atoms with Crippen molar-refractivity contribution in [2.75, 3.05) is 12.0 Å². The molecule has 1 unspecified atom stereocenters. The van der Waals surface area contributed by atoms with Gasteiger partial charge >= 0.3 is 12.1 Å². The van der Waals surface area contributed by atoms with Gasteiger partial charge in [-0.25, -0.2) is 4.79 Å². The molecule has 2 aliphatic rings. The van der Waals surface area contributed by atoms with Crippen LogP contribution in [0.1, 0.15) is 28.3 Å². The van der Waals surface area contributed by atoms with Gasteiger partial charge in [-0.15, -0.1) is 0 Å². The highest BCUT2D eigenvalue weighted by Crippen LogP contribution is 2.54. The molecule has 166 valence electrons. The molecule has 0 N–H and O–H groups in total. The third kappa shape index (κ3) is 3.65. The molecule has 0 bridgehead atoms. The lowest BCUT2D eigenvalue weighted by Crippen LogP contribution is -2.29. The lowest BCUT2D eigenvalue weighted by atomic mass is 9.89. The number of benzene rings is 3. The first kappa shape index (κ1) is 20.9. The number of halogens is 3. The van der Waals surface area contributed by atoms with E-state index in [0.29, 0.717) is 11.1 Å². The number of methoxy groups -OCH3 is 1. The van der Waals surface area contributed by atoms with E-state index in [-0.39, 0.29) is 5.75 Å². The van der Waals surface area contributed by atoms with Crippen LogP contribution in [0.25, 0.3) is 17.7 Å². The normalized spacial score (nSPS) is 17.4. The Bertz CT molecular complexity index is 1290. The Balaban J connectivity index is 1.67. The van der Waals surface area contributed by atoms with Crippen LogP contribution in [0.4, 0.5) is 18.9 Å². The van der Waals surface area contributed by atoms with Crippen molar-refractivity contribution in [3.8, 4) is 11.5 Å². The van der Waals surface area contributed by atoms with Crippen molar-refractivity contribution in [2.45, 2.75) is 12.2 Å². The molecule has 0 radical (unpaired) electrons. The molecule has 0 saturated heterocycles. The van der Waals surface area contributed by atoms with Gasteiger partial charge in [-0.2, -0.15) is 13.2 Å². The van der Waals surface area contributed by atoms with Crippen LogP contribution in [0.5, 0.6) is 11.5 Å². The molecule has 0 amide bonds. The summed E-state index contributed by atoms with van der Waals surface area (Å²) in [6.45, 7) is 0. The number of carbonyl (C=O) groups excluding carboxylic acids is 1. The van der Waals surface area contributed by atoms with Gasteiger partial charge in [-0.1, -0.05) is 42.5 Å². The van der Waals surface area contributed by atoms with Gasteiger partial charge in [-0.05, 0) is 53.1 Å². The summed E-state index contributed by atoms with van der Waals surface area (Å²) in [5.74, 6) is -1.63. The highest BCUT2D eigenvalue weighted by molar-refractivity contribution is 5.99. The lowest BCUT2D eigenvalue weighted by molar-refractivity contribution is -0.189. The quantitative estimate of drug-likeness (QED) is 0.350. The maximum Gasteiger partial charge on any atom is 0.491 e. The fourth-order valence-corrected chi connectivity index (χ4v) is 4.28. The monoisotopic (exact) mass is 449 g/mol. The van der Waals surface area contributed by atoms with Gasteiger partial charge in [0.15, 0.2) is 0 Å². The van der Waals surface area contributed by atoms with Crippen LogP contribution in [-0.2, 0) is 4.79 Å². The topological polar surface area (TPSA) is 38.8 Å². The Morgan fingerprint density at radius 3 is 2.48 bits per heavy atom. The van der Waals surface area contributed by atoms with Gasteiger partial charge in [0.2, 0.25) is 0 Å². The standard InChI is InChI=1S/C26H18F3NO3/c1-32-18-11-9-16(10-12-18)15-20-19-6-2-3-7-21(19)30-14-13-17-5-4-8-22(23(17)24(20)30)33-25(31)26(27,28)29/h2-15,24H,1H3. The summed E-state index contributed by atoms with van der Waals surface area (Å²) < 4.78 is 48.9. The lowest BCUT2D eigenvalue weighted by Gasteiger charge is -2.31. The summed E-state index contributed by atoms with van der Waals surface area (Å²) >= 11 is 0. The minimum Gasteiger partial charge on any atom is -0.497 e. The van der Waals surface area contributed by atoms with E-state index in [1.807, 2.05) is 71.8 Å². The molecule has 3 aromatic carbocycles. The van der Waals surface area contributed by atoms with E-state index in [9.17, 15) is 18.0 Å². The Labute approximate surface area is 188 Å². The number of nitrogens with zero attached hydrogens (tertiary/aromatic N) is 1. The molecule has 0 aromatic heterocycles. The predicted molar refractivity (Wildman–Crippen MR) is 120 cm³/mol. The summed E-state index contributed by atoms with van der Waals surface area (Å²) in [7, 11) is 1.59. The van der Waals surface area contributed by atoms with Gasteiger partial charge in [0, 0.05) is 23.0 Å². The highest BCUT2D eigenvalue weighted by atomic mass is 19.4. The minimum atomic E-state index is -5.09. The molecule has 7 heteroatoms. The Morgan fingerprint density at radius 2 is 1.76 bits per heavy atom. The third-order valence-electron chi connectivity index (χ3n) is 5.73. The van der Waals surface area contributed by atoms with E-state index in [0.717, 1.165) is 28.1 Å². The smallest absolute Gasteiger partial charge is 0.491 e. The molecular weight excluding hydrogens is 431 g/mol. The summed E-state index contributed by atoms with van der Waals surface area (Å²) in [5, 5.41) is 0. The second kappa shape index (κ2) is 7.85. The number of anilines is 1. The van der Waals surface area contributed by atoms with Crippen molar-refractivity contribution in [1.29, 1.82) is 0 Å². The summed E-state index contributed by atoms with van der Waals surface area (Å²) in [4.78, 5) is 13.6. The molecule has 33 heavy (non-hydrogen) atoms. The maximum atomic E-state index is 13.0. The Kier molecular flexibility index (Phi) is 4.96. The number of fused-ring (bicyclic) bond motifs is 5. The van der Waals surface area contributed by atoms with Crippen LogP contribution in [0.15, 0.2) is 72.9 Å². The molecule has 2 heterocycles. The molecule has 3 aromatic rings. The molecule has 0 saturated carbocycles. The number of hydrogen-bond donors (Lipinski definition) is 0. The number of ether oxygens (including phenoxy) is 2. The third-order valence-corrected chi connectivity index (χ3v) is 5.73. The molecule has 0 fully saturated rings. The molecule has 0 aliphatic carbocycles. The molecule has 2 aliphatic heterocycles.